The predicted octanol–water partition coefficient (Wildman–Crippen LogP) is 1.11. The largest absolute Gasteiger partial charge is 0.478 e. The minimum Gasteiger partial charge on any atom is -0.478 e. The van der Waals surface area contributed by atoms with E-state index in [4.69, 9.17) is 21.0 Å². The molecule has 72 valence electrons. The highest BCUT2D eigenvalue weighted by Crippen LogP contribution is 2.07. The Labute approximate surface area is 78.8 Å². The fourth-order valence-electron chi connectivity index (χ4n) is 0.856. The van der Waals surface area contributed by atoms with Crippen LogP contribution in [0.15, 0.2) is 24.3 Å². The standard InChI is InChI=1S/C8H6O4.N2/c9-7(10)5-3-1-2-4-6(5)8(11)12;1-2/h1-4H,(H,9,10)(H,11,12);. The third-order valence-corrected chi connectivity index (χ3v) is 1.39. The van der Waals surface area contributed by atoms with Gasteiger partial charge in [0.05, 0.1) is 11.1 Å². The number of benzene rings is 1. The van der Waals surface area contributed by atoms with Gasteiger partial charge in [-0.3, -0.25) is 0 Å². The summed E-state index contributed by atoms with van der Waals surface area (Å²) in [4.78, 5) is 20.9. The summed E-state index contributed by atoms with van der Waals surface area (Å²) in [6.07, 6.45) is 0. The molecule has 1 rings (SSSR count). The third kappa shape index (κ3) is 2.57. The van der Waals surface area contributed by atoms with Crippen molar-refractivity contribution >= 4 is 11.9 Å². The summed E-state index contributed by atoms with van der Waals surface area (Å²) in [5, 5.41) is 29.1. The van der Waals surface area contributed by atoms with Crippen LogP contribution in [0.3, 0.4) is 0 Å². The normalized spacial score (nSPS) is 8.14. The second kappa shape index (κ2) is 5.27. The molecule has 0 fully saturated rings. The lowest BCUT2D eigenvalue weighted by Crippen LogP contribution is -2.06. The van der Waals surface area contributed by atoms with Crippen molar-refractivity contribution < 1.29 is 19.8 Å². The number of hydrogen-bond acceptors (Lipinski definition) is 4. The first-order chi connectivity index (χ1) is 6.63. The molecule has 0 spiro atoms. The van der Waals surface area contributed by atoms with E-state index in [1.165, 1.54) is 24.3 Å². The van der Waals surface area contributed by atoms with E-state index in [2.05, 4.69) is 0 Å². The number of hydrogen-bond donors (Lipinski definition) is 2. The van der Waals surface area contributed by atoms with Gasteiger partial charge in [-0.1, -0.05) is 12.1 Å². The molecule has 2 N–H and O–H groups in total. The first-order valence-electron chi connectivity index (χ1n) is 3.38. The quantitative estimate of drug-likeness (QED) is 0.680. The molecule has 0 saturated carbocycles. The summed E-state index contributed by atoms with van der Waals surface area (Å²) in [6, 6.07) is 5.48. The zero-order chi connectivity index (χ0) is 11.1. The Bertz CT molecular complexity index is 340. The van der Waals surface area contributed by atoms with Gasteiger partial charge in [0.25, 0.3) is 0 Å². The zero-order valence-electron chi connectivity index (χ0n) is 6.91. The second-order valence-electron chi connectivity index (χ2n) is 2.16. The second-order valence-corrected chi connectivity index (χ2v) is 2.16. The van der Waals surface area contributed by atoms with Gasteiger partial charge < -0.3 is 10.2 Å². The zero-order valence-corrected chi connectivity index (χ0v) is 6.91. The van der Waals surface area contributed by atoms with E-state index >= 15 is 0 Å². The lowest BCUT2D eigenvalue weighted by Gasteiger charge is -1.98. The summed E-state index contributed by atoms with van der Waals surface area (Å²) < 4.78 is 0. The van der Waals surface area contributed by atoms with Gasteiger partial charge >= 0.3 is 11.9 Å². The number of carboxylic acid groups (broad SMARTS) is 2. The molecular formula is C8H6N2O4. The molecule has 6 nitrogen and oxygen atoms in total. The average Bonchev–Trinajstić information content (AvgIpc) is 2.20. The van der Waals surface area contributed by atoms with Crippen molar-refractivity contribution in [1.29, 1.82) is 10.8 Å². The number of carboxylic acids is 2. The molecule has 0 aliphatic rings. The van der Waals surface area contributed by atoms with Crippen LogP contribution in [0.1, 0.15) is 20.7 Å². The van der Waals surface area contributed by atoms with E-state index in [0.29, 0.717) is 0 Å². The highest BCUT2D eigenvalue weighted by Gasteiger charge is 2.13. The monoisotopic (exact) mass is 194 g/mol. The minimum atomic E-state index is -1.23. The van der Waals surface area contributed by atoms with Crippen molar-refractivity contribution in [2.45, 2.75) is 0 Å². The van der Waals surface area contributed by atoms with Crippen LogP contribution < -0.4 is 0 Å². The van der Waals surface area contributed by atoms with Crippen molar-refractivity contribution in [2.24, 2.45) is 0 Å². The average molecular weight is 194 g/mol. The Kier molecular flexibility index (Phi) is 4.36. The molecule has 6 heteroatoms. The SMILES string of the molecule is N#N.O=C(O)c1ccccc1C(=O)O. The van der Waals surface area contributed by atoms with Crippen LogP contribution in [0.25, 0.3) is 0 Å². The van der Waals surface area contributed by atoms with Crippen LogP contribution in [0, 0.1) is 10.8 Å². The van der Waals surface area contributed by atoms with Gasteiger partial charge in [-0.25, -0.2) is 9.59 Å². The highest BCUT2D eigenvalue weighted by molar-refractivity contribution is 6.01. The van der Waals surface area contributed by atoms with Gasteiger partial charge in [0.1, 0.15) is 0 Å². The van der Waals surface area contributed by atoms with E-state index in [-0.39, 0.29) is 11.1 Å². The summed E-state index contributed by atoms with van der Waals surface area (Å²) >= 11 is 0. The van der Waals surface area contributed by atoms with Gasteiger partial charge in [0.15, 0.2) is 0 Å². The van der Waals surface area contributed by atoms with Gasteiger partial charge in [0, 0.05) is 10.8 Å². The van der Waals surface area contributed by atoms with Crippen molar-refractivity contribution in [1.82, 2.24) is 0 Å². The minimum absolute atomic E-state index is 0.190. The highest BCUT2D eigenvalue weighted by atomic mass is 16.4. The molecule has 0 heterocycles. The Morgan fingerprint density at radius 2 is 1.21 bits per heavy atom. The van der Waals surface area contributed by atoms with Crippen LogP contribution >= 0.6 is 0 Å². The molecule has 0 aromatic heterocycles. The van der Waals surface area contributed by atoms with E-state index in [0.717, 1.165) is 0 Å². The summed E-state index contributed by atoms with van der Waals surface area (Å²) in [7, 11) is 0. The number of aromatic carboxylic acids is 2. The molecule has 14 heavy (non-hydrogen) atoms. The predicted molar refractivity (Wildman–Crippen MR) is 43.8 cm³/mol. The fraction of sp³-hybridized carbons (Fsp3) is 0. The molecule has 0 aliphatic heterocycles. The Balaban J connectivity index is 0.000000791. The van der Waals surface area contributed by atoms with Crippen molar-refractivity contribution in [3.63, 3.8) is 0 Å². The van der Waals surface area contributed by atoms with E-state index in [1.54, 1.807) is 0 Å². The van der Waals surface area contributed by atoms with Crippen molar-refractivity contribution in [3.8, 4) is 0 Å². The smallest absolute Gasteiger partial charge is 0.336 e. The molecule has 0 saturated heterocycles. The number of nitrogens with zero attached hydrogens (tertiary/aromatic N) is 2. The van der Waals surface area contributed by atoms with E-state index in [9.17, 15) is 9.59 Å². The van der Waals surface area contributed by atoms with Gasteiger partial charge in [-0.15, -0.1) is 0 Å². The van der Waals surface area contributed by atoms with Crippen LogP contribution in [0.5, 0.6) is 0 Å². The molecular weight excluding hydrogens is 188 g/mol. The molecule has 0 radical (unpaired) electrons. The van der Waals surface area contributed by atoms with Crippen LogP contribution in [0.4, 0.5) is 0 Å². The van der Waals surface area contributed by atoms with E-state index < -0.39 is 11.9 Å². The van der Waals surface area contributed by atoms with Gasteiger partial charge in [-0.2, -0.15) is 0 Å². The van der Waals surface area contributed by atoms with Gasteiger partial charge in [0.2, 0.25) is 0 Å². The van der Waals surface area contributed by atoms with E-state index in [1.807, 2.05) is 0 Å². The van der Waals surface area contributed by atoms with Crippen LogP contribution in [0.2, 0.25) is 0 Å². The molecule has 0 atom stereocenters. The summed E-state index contributed by atoms with van der Waals surface area (Å²) in [5.41, 5.74) is -0.380. The molecule has 0 unspecified atom stereocenters. The lowest BCUT2D eigenvalue weighted by molar-refractivity contribution is 0.0651. The summed E-state index contributed by atoms with van der Waals surface area (Å²) in [6.45, 7) is 0. The maximum atomic E-state index is 10.5. The maximum Gasteiger partial charge on any atom is 0.336 e. The van der Waals surface area contributed by atoms with Gasteiger partial charge in [-0.05, 0) is 12.1 Å². The Morgan fingerprint density at radius 1 is 0.929 bits per heavy atom. The molecule has 1 aromatic rings. The Hall–Kier alpha value is -2.42. The van der Waals surface area contributed by atoms with Crippen molar-refractivity contribution in [3.05, 3.63) is 35.4 Å². The summed E-state index contributed by atoms with van der Waals surface area (Å²) in [5.74, 6) is -2.46. The number of rotatable bonds is 2. The number of carbonyl (C=O) groups is 2. The third-order valence-electron chi connectivity index (χ3n) is 1.39. The topological polar surface area (TPSA) is 122 Å². The molecule has 0 aliphatic carbocycles. The first-order valence-corrected chi connectivity index (χ1v) is 3.38. The molecule has 0 bridgehead atoms. The fourth-order valence-corrected chi connectivity index (χ4v) is 0.856. The van der Waals surface area contributed by atoms with Crippen molar-refractivity contribution in [2.75, 3.05) is 0 Å². The first kappa shape index (κ1) is 11.6. The van der Waals surface area contributed by atoms with Crippen LogP contribution in [-0.4, -0.2) is 22.2 Å². The van der Waals surface area contributed by atoms with Crippen LogP contribution in [-0.2, 0) is 0 Å². The maximum absolute atomic E-state index is 10.5. The Morgan fingerprint density at radius 3 is 1.43 bits per heavy atom. The molecule has 1 aromatic carbocycles. The molecule has 0 amide bonds. The lowest BCUT2D eigenvalue weighted by atomic mass is 10.1.